The van der Waals surface area contributed by atoms with Gasteiger partial charge >= 0.3 is 0 Å². The number of carbonyl (C=O) groups is 1. The maximum atomic E-state index is 13.4. The minimum Gasteiger partial charge on any atom is -0.472 e. The van der Waals surface area contributed by atoms with Gasteiger partial charge < -0.3 is 4.42 Å². The quantitative estimate of drug-likeness (QED) is 0.476. The van der Waals surface area contributed by atoms with E-state index in [9.17, 15) is 22.8 Å². The molecule has 7 nitrogen and oxygen atoms in total. The molecule has 1 aliphatic heterocycles. The summed E-state index contributed by atoms with van der Waals surface area (Å²) in [5.41, 5.74) is 1.89. The van der Waals surface area contributed by atoms with Crippen LogP contribution in [0.1, 0.15) is 22.7 Å². The number of hydrogen-bond acceptors (Lipinski definition) is 5. The van der Waals surface area contributed by atoms with Gasteiger partial charge in [-0.15, -0.1) is 0 Å². The third kappa shape index (κ3) is 3.73. The van der Waals surface area contributed by atoms with Gasteiger partial charge in [-0.25, -0.2) is 17.9 Å². The molecule has 1 aromatic heterocycles. The second-order valence-electron chi connectivity index (χ2n) is 5.83. The molecule has 1 amide bonds. The number of sulfonamides is 1. The highest BCUT2D eigenvalue weighted by atomic mass is 32.2. The monoisotopic (exact) mass is 368 g/mol. The zero-order chi connectivity index (χ0) is 18.0. The molecule has 134 valence electrons. The van der Waals surface area contributed by atoms with Crippen molar-refractivity contribution >= 4 is 16.4 Å². The predicted molar refractivity (Wildman–Crippen MR) is 85.4 cm³/mol. The largest absolute Gasteiger partial charge is 0.472 e. The van der Waals surface area contributed by atoms with Crippen molar-refractivity contribution in [1.82, 2.24) is 9.37 Å². The molecule has 25 heavy (non-hydrogen) atoms. The number of rotatable bonds is 6. The van der Waals surface area contributed by atoms with Gasteiger partial charge in [0.05, 0.1) is 18.3 Å². The molecule has 0 saturated carbocycles. The van der Waals surface area contributed by atoms with E-state index in [1.807, 2.05) is 0 Å². The molecule has 1 unspecified atom stereocenters. The van der Waals surface area contributed by atoms with Crippen molar-refractivity contribution in [3.05, 3.63) is 59.3 Å². The predicted octanol–water partition coefficient (Wildman–Crippen LogP) is 1.70. The van der Waals surface area contributed by atoms with Crippen LogP contribution >= 0.6 is 0 Å². The lowest BCUT2D eigenvalue weighted by molar-refractivity contribution is -0.159. The van der Waals surface area contributed by atoms with Crippen LogP contribution in [0.3, 0.4) is 0 Å². The summed E-state index contributed by atoms with van der Waals surface area (Å²) in [6, 6.07) is 4.73. The Hall–Kier alpha value is -2.23. The Morgan fingerprint density at radius 2 is 2.16 bits per heavy atom. The Kier molecular flexibility index (Phi) is 4.89. The van der Waals surface area contributed by atoms with E-state index >= 15 is 0 Å². The lowest BCUT2D eigenvalue weighted by Crippen LogP contribution is -2.41. The fraction of sp³-hybridized carbons (Fsp3) is 0.312. The van der Waals surface area contributed by atoms with Crippen molar-refractivity contribution in [2.75, 3.05) is 12.3 Å². The second-order valence-corrected chi connectivity index (χ2v) is 7.85. The fourth-order valence-electron chi connectivity index (χ4n) is 2.91. The minimum absolute atomic E-state index is 0.0556. The SMILES string of the molecule is O=CN(O)C(CS(=O)(=O)N1CCc2ccc(F)cc2C1)c1ccoc1. The summed E-state index contributed by atoms with van der Waals surface area (Å²) in [4.78, 5) is 10.9. The van der Waals surface area contributed by atoms with Crippen molar-refractivity contribution in [2.24, 2.45) is 0 Å². The summed E-state index contributed by atoms with van der Waals surface area (Å²) >= 11 is 0. The first-order valence-corrected chi connectivity index (χ1v) is 9.21. The van der Waals surface area contributed by atoms with Crippen molar-refractivity contribution in [1.29, 1.82) is 0 Å². The first-order chi connectivity index (χ1) is 11.9. The number of furan rings is 1. The molecule has 1 atom stereocenters. The lowest BCUT2D eigenvalue weighted by Gasteiger charge is -2.30. The number of carbonyl (C=O) groups excluding carboxylic acids is 1. The number of hydroxylamine groups is 2. The van der Waals surface area contributed by atoms with Crippen molar-refractivity contribution in [3.8, 4) is 0 Å². The summed E-state index contributed by atoms with van der Waals surface area (Å²) in [5.74, 6) is -0.927. The number of halogens is 1. The van der Waals surface area contributed by atoms with Gasteiger partial charge in [-0.1, -0.05) is 6.07 Å². The van der Waals surface area contributed by atoms with E-state index in [1.165, 1.54) is 35.0 Å². The molecule has 0 bridgehead atoms. The summed E-state index contributed by atoms with van der Waals surface area (Å²) < 4.78 is 45.1. The van der Waals surface area contributed by atoms with Crippen LogP contribution in [0.15, 0.2) is 41.2 Å². The van der Waals surface area contributed by atoms with E-state index in [0.29, 0.717) is 22.6 Å². The van der Waals surface area contributed by atoms with Crippen LogP contribution in [0.5, 0.6) is 0 Å². The zero-order valence-corrected chi connectivity index (χ0v) is 14.0. The van der Waals surface area contributed by atoms with E-state index in [1.54, 1.807) is 6.07 Å². The van der Waals surface area contributed by atoms with Crippen molar-refractivity contribution in [3.63, 3.8) is 0 Å². The van der Waals surface area contributed by atoms with E-state index in [4.69, 9.17) is 4.42 Å². The molecular formula is C16H17FN2O5S. The third-order valence-electron chi connectivity index (χ3n) is 4.26. The average Bonchev–Trinajstić information content (AvgIpc) is 3.12. The second kappa shape index (κ2) is 6.95. The molecule has 2 aromatic rings. The first-order valence-electron chi connectivity index (χ1n) is 7.60. The average molecular weight is 368 g/mol. The number of nitrogens with zero attached hydrogens (tertiary/aromatic N) is 2. The van der Waals surface area contributed by atoms with E-state index < -0.39 is 27.6 Å². The Balaban J connectivity index is 1.82. The van der Waals surface area contributed by atoms with Crippen LogP contribution in [0.2, 0.25) is 0 Å². The van der Waals surface area contributed by atoms with Gasteiger partial charge in [-0.2, -0.15) is 4.31 Å². The van der Waals surface area contributed by atoms with Gasteiger partial charge in [0.15, 0.2) is 0 Å². The zero-order valence-electron chi connectivity index (χ0n) is 13.2. The van der Waals surface area contributed by atoms with E-state index in [0.717, 1.165) is 5.56 Å². The van der Waals surface area contributed by atoms with Crippen LogP contribution in [0.25, 0.3) is 0 Å². The Bertz CT molecular complexity index is 853. The number of amides is 1. The Morgan fingerprint density at radius 1 is 1.36 bits per heavy atom. The topological polar surface area (TPSA) is 91.1 Å². The number of benzene rings is 1. The lowest BCUT2D eigenvalue weighted by atomic mass is 10.0. The summed E-state index contributed by atoms with van der Waals surface area (Å²) in [7, 11) is -3.81. The highest BCUT2D eigenvalue weighted by Gasteiger charge is 2.32. The highest BCUT2D eigenvalue weighted by molar-refractivity contribution is 7.89. The Labute approximate surface area is 144 Å². The van der Waals surface area contributed by atoms with Gasteiger partial charge in [0.25, 0.3) is 0 Å². The first kappa shape index (κ1) is 17.6. The molecule has 1 N–H and O–H groups in total. The maximum Gasteiger partial charge on any atom is 0.233 e. The highest BCUT2D eigenvalue weighted by Crippen LogP contribution is 2.26. The smallest absolute Gasteiger partial charge is 0.233 e. The van der Waals surface area contributed by atoms with Gasteiger partial charge in [0.1, 0.15) is 11.9 Å². The van der Waals surface area contributed by atoms with Gasteiger partial charge in [-0.3, -0.25) is 10.0 Å². The molecule has 0 radical (unpaired) electrons. The van der Waals surface area contributed by atoms with Crippen LogP contribution in [0.4, 0.5) is 4.39 Å². The van der Waals surface area contributed by atoms with Crippen molar-refractivity contribution in [2.45, 2.75) is 19.0 Å². The molecule has 1 aliphatic rings. The molecule has 3 rings (SSSR count). The Morgan fingerprint density at radius 3 is 2.84 bits per heavy atom. The van der Waals surface area contributed by atoms with E-state index in [2.05, 4.69) is 0 Å². The molecule has 0 spiro atoms. The van der Waals surface area contributed by atoms with Crippen LogP contribution < -0.4 is 0 Å². The van der Waals surface area contributed by atoms with E-state index in [-0.39, 0.29) is 19.5 Å². The van der Waals surface area contributed by atoms with Gasteiger partial charge in [0, 0.05) is 18.7 Å². The van der Waals surface area contributed by atoms with Crippen LogP contribution in [0, 0.1) is 5.82 Å². The molecule has 1 aromatic carbocycles. The number of hydrogen-bond donors (Lipinski definition) is 1. The molecule has 9 heteroatoms. The normalized spacial score (nSPS) is 16.2. The minimum atomic E-state index is -3.81. The van der Waals surface area contributed by atoms with Gasteiger partial charge in [0.2, 0.25) is 16.4 Å². The van der Waals surface area contributed by atoms with Gasteiger partial charge in [-0.05, 0) is 35.7 Å². The van der Waals surface area contributed by atoms with Crippen LogP contribution in [-0.4, -0.2) is 41.7 Å². The third-order valence-corrected chi connectivity index (χ3v) is 6.10. The maximum absolute atomic E-state index is 13.4. The molecule has 0 fully saturated rings. The van der Waals surface area contributed by atoms with Crippen LogP contribution in [-0.2, 0) is 27.8 Å². The molecule has 2 heterocycles. The standard InChI is InChI=1S/C16H17FN2O5S/c17-15-2-1-12-3-5-18(8-14(12)7-15)25(22,23)10-16(19(21)11-20)13-4-6-24-9-13/h1-2,4,6-7,9,11,16,21H,3,5,8,10H2. The summed E-state index contributed by atoms with van der Waals surface area (Å²) in [6.07, 6.45) is 3.22. The van der Waals surface area contributed by atoms with Crippen molar-refractivity contribution < 1.29 is 27.2 Å². The summed E-state index contributed by atoms with van der Waals surface area (Å²) in [6.45, 7) is 0.311. The molecule has 0 aliphatic carbocycles. The molecule has 0 saturated heterocycles. The fourth-order valence-corrected chi connectivity index (χ4v) is 4.57. The number of fused-ring (bicyclic) bond motifs is 1. The molecular weight excluding hydrogens is 351 g/mol. The summed E-state index contributed by atoms with van der Waals surface area (Å²) in [5, 5.41) is 10.0.